The van der Waals surface area contributed by atoms with Crippen molar-refractivity contribution in [3.05, 3.63) is 56.8 Å². The van der Waals surface area contributed by atoms with Gasteiger partial charge in [-0.15, -0.1) is 0 Å². The largest absolute Gasteiger partial charge is 0.507 e. The lowest BCUT2D eigenvalue weighted by molar-refractivity contribution is -0.130. The maximum atomic E-state index is 14.7. The molecule has 3 aromatic rings. The summed E-state index contributed by atoms with van der Waals surface area (Å²) in [7, 11) is 1.43. The minimum Gasteiger partial charge on any atom is -0.507 e. The van der Waals surface area contributed by atoms with Crippen molar-refractivity contribution in [3.63, 3.8) is 0 Å². The molecule has 2 atom stereocenters. The molecule has 0 saturated carbocycles. The molecule has 0 spiro atoms. The minimum atomic E-state index is -0.951. The van der Waals surface area contributed by atoms with Crippen LogP contribution in [-0.4, -0.2) is 139 Å². The zero-order valence-corrected chi connectivity index (χ0v) is 41.9. The third-order valence-corrected chi connectivity index (χ3v) is 10.8. The number of benzene rings is 2. The SMILES string of the molecule is COc1c(OCC(=O)N[C@@H](CCCNC(=N)N)CNCCNCCN)cc2oc3cc(OCC(=O)N[C@@H](CCCNC(=N)N)C(=O)NCCNCCN)c(CC=C(C)C)c(O)c3c(=O)c2c1CC=C(C)C. The van der Waals surface area contributed by atoms with Crippen LogP contribution in [0.25, 0.3) is 21.9 Å². The van der Waals surface area contributed by atoms with Crippen molar-refractivity contribution in [2.24, 2.45) is 22.9 Å². The second-order valence-electron chi connectivity index (χ2n) is 17.2. The molecule has 23 heteroatoms. The van der Waals surface area contributed by atoms with Gasteiger partial charge in [0, 0.05) is 101 Å². The van der Waals surface area contributed by atoms with Crippen molar-refractivity contribution in [1.82, 2.24) is 42.5 Å². The highest BCUT2D eigenvalue weighted by molar-refractivity contribution is 5.98. The molecular weight excluding hydrogens is 917 g/mol. The average molecular weight is 995 g/mol. The number of nitrogens with two attached hydrogens (primary N) is 4. The Morgan fingerprint density at radius 3 is 1.83 bits per heavy atom. The Hall–Kier alpha value is -6.66. The standard InChI is InChI=1S/C48H78N14O9/c1-29(2)10-12-32-35(69-28-40(64)62-34(9-7-17-60-48(53)54)46(67)58-23-22-56-19-15-50)24-37-42(43(32)65)44(66)41-33(13-11-30(3)4)45(68-5)38(25-36(41)71-37)70-27-39(63)61-31(8-6-16-59-47(51)52)26-57-21-20-55-18-14-49/h10-11,24-25,31,34,55-57,65H,6-9,12-23,26-28,49-50H2,1-5H3,(H,58,67)(H,61,63)(H,62,64)(H4,51,52,59)(H4,53,54,60)/t31-,34-/m0/s1. The van der Waals surface area contributed by atoms with Crippen molar-refractivity contribution in [3.8, 4) is 23.0 Å². The van der Waals surface area contributed by atoms with Gasteiger partial charge in [-0.05, 0) is 66.2 Å². The lowest BCUT2D eigenvalue weighted by Crippen LogP contribution is -2.49. The number of carbonyl (C=O) groups is 3. The van der Waals surface area contributed by atoms with Gasteiger partial charge in [0.2, 0.25) is 11.3 Å². The maximum absolute atomic E-state index is 14.7. The molecule has 2 aromatic carbocycles. The number of carbonyl (C=O) groups excluding carboxylic acids is 3. The first-order valence-electron chi connectivity index (χ1n) is 23.9. The molecule has 1 aromatic heterocycles. The predicted molar refractivity (Wildman–Crippen MR) is 277 cm³/mol. The number of ether oxygens (including phenoxy) is 3. The number of aromatic hydroxyl groups is 1. The number of allylic oxidation sites excluding steroid dienone is 4. The van der Waals surface area contributed by atoms with E-state index in [-0.39, 0.29) is 82.0 Å². The number of fused-ring (bicyclic) bond motifs is 2. The number of phenolic OH excluding ortho intramolecular Hbond substituents is 1. The van der Waals surface area contributed by atoms with Crippen LogP contribution in [0, 0.1) is 10.8 Å². The molecule has 0 fully saturated rings. The van der Waals surface area contributed by atoms with Gasteiger partial charge in [-0.1, -0.05) is 23.3 Å². The van der Waals surface area contributed by atoms with Gasteiger partial charge in [0.05, 0.1) is 12.5 Å². The smallest absolute Gasteiger partial charge is 0.258 e. The Balaban J connectivity index is 2.03. The molecule has 71 heavy (non-hydrogen) atoms. The molecule has 19 N–H and O–H groups in total. The highest BCUT2D eigenvalue weighted by atomic mass is 16.5. The molecule has 0 aliphatic heterocycles. The Kier molecular flexibility index (Phi) is 26.1. The fraction of sp³-hybridized carbons (Fsp3) is 0.542. The summed E-state index contributed by atoms with van der Waals surface area (Å²) in [6, 6.07) is 1.66. The monoisotopic (exact) mass is 995 g/mol. The summed E-state index contributed by atoms with van der Waals surface area (Å²) in [6.07, 6.45) is 5.91. The number of hydrogen-bond donors (Lipinski definition) is 15. The average Bonchev–Trinajstić information content (AvgIpc) is 3.31. The predicted octanol–water partition coefficient (Wildman–Crippen LogP) is -0.266. The van der Waals surface area contributed by atoms with Crippen LogP contribution < -0.4 is 85.1 Å². The van der Waals surface area contributed by atoms with Crippen molar-refractivity contribution in [1.29, 1.82) is 10.8 Å². The van der Waals surface area contributed by atoms with Gasteiger partial charge in [0.25, 0.3) is 11.8 Å². The summed E-state index contributed by atoms with van der Waals surface area (Å²) >= 11 is 0. The van der Waals surface area contributed by atoms with Crippen LogP contribution in [0.1, 0.15) is 64.5 Å². The molecule has 0 radical (unpaired) electrons. The summed E-state index contributed by atoms with van der Waals surface area (Å²) in [5.41, 5.74) is 23.9. The van der Waals surface area contributed by atoms with Crippen molar-refractivity contribution in [2.45, 2.75) is 78.3 Å². The van der Waals surface area contributed by atoms with Gasteiger partial charge in [-0.2, -0.15) is 0 Å². The lowest BCUT2D eigenvalue weighted by atomic mass is 9.98. The molecule has 0 unspecified atom stereocenters. The van der Waals surface area contributed by atoms with E-state index >= 15 is 0 Å². The van der Waals surface area contributed by atoms with E-state index in [4.69, 9.17) is 52.4 Å². The molecule has 0 bridgehead atoms. The molecule has 0 saturated heterocycles. The Labute approximate surface area is 415 Å². The second-order valence-corrected chi connectivity index (χ2v) is 17.2. The number of nitrogens with one attached hydrogen (secondary N) is 10. The van der Waals surface area contributed by atoms with E-state index in [1.165, 1.54) is 19.2 Å². The van der Waals surface area contributed by atoms with Gasteiger partial charge < -0.3 is 89.2 Å². The second kappa shape index (κ2) is 31.5. The highest BCUT2D eigenvalue weighted by Crippen LogP contribution is 2.41. The summed E-state index contributed by atoms with van der Waals surface area (Å²) < 4.78 is 24.5. The number of amides is 3. The molecule has 394 valence electrons. The van der Waals surface area contributed by atoms with E-state index in [1.54, 1.807) is 0 Å². The molecular formula is C48H78N14O9. The van der Waals surface area contributed by atoms with Gasteiger partial charge in [-0.3, -0.25) is 30.0 Å². The first-order chi connectivity index (χ1) is 34.0. The summed E-state index contributed by atoms with van der Waals surface area (Å²) in [5.74, 6) is -1.85. The molecule has 3 rings (SSSR count). The summed E-state index contributed by atoms with van der Waals surface area (Å²) in [6.45, 7) is 12.1. The highest BCUT2D eigenvalue weighted by Gasteiger charge is 2.26. The molecule has 0 aliphatic carbocycles. The number of phenols is 1. The van der Waals surface area contributed by atoms with Crippen LogP contribution in [0.15, 0.2) is 44.6 Å². The van der Waals surface area contributed by atoms with E-state index in [2.05, 4.69) is 42.5 Å². The third-order valence-electron chi connectivity index (χ3n) is 10.8. The van der Waals surface area contributed by atoms with Gasteiger partial charge in [0.1, 0.15) is 34.1 Å². The topological polar surface area (TPSA) is 377 Å². The summed E-state index contributed by atoms with van der Waals surface area (Å²) in [5, 5.41) is 50.5. The summed E-state index contributed by atoms with van der Waals surface area (Å²) in [4.78, 5) is 54.9. The van der Waals surface area contributed by atoms with Crippen LogP contribution in [-0.2, 0) is 27.2 Å². The van der Waals surface area contributed by atoms with Crippen LogP contribution in [0.4, 0.5) is 0 Å². The molecule has 23 nitrogen and oxygen atoms in total. The number of guanidine groups is 2. The van der Waals surface area contributed by atoms with Crippen molar-refractivity contribution < 1.29 is 38.1 Å². The zero-order chi connectivity index (χ0) is 52.3. The van der Waals surface area contributed by atoms with Gasteiger partial charge in [0.15, 0.2) is 36.6 Å². The number of rotatable bonds is 34. The fourth-order valence-electron chi connectivity index (χ4n) is 7.36. The van der Waals surface area contributed by atoms with Crippen LogP contribution in [0.5, 0.6) is 23.0 Å². The van der Waals surface area contributed by atoms with E-state index < -0.39 is 48.2 Å². The van der Waals surface area contributed by atoms with Crippen LogP contribution in [0.3, 0.4) is 0 Å². The number of methoxy groups -OCH3 is 1. The number of hydrogen-bond acceptors (Lipinski definition) is 16. The zero-order valence-electron chi connectivity index (χ0n) is 41.9. The Bertz CT molecular complexity index is 2360. The fourth-order valence-corrected chi connectivity index (χ4v) is 7.36. The Morgan fingerprint density at radius 2 is 1.24 bits per heavy atom. The minimum absolute atomic E-state index is 0.0512. The molecule has 1 heterocycles. The molecule has 0 aliphatic rings. The molecule has 3 amide bonds. The first kappa shape index (κ1) is 58.7. The van der Waals surface area contributed by atoms with Crippen molar-refractivity contribution >= 4 is 51.6 Å². The Morgan fingerprint density at radius 1 is 0.704 bits per heavy atom. The van der Waals surface area contributed by atoms with E-state index in [1.807, 2.05) is 39.8 Å². The van der Waals surface area contributed by atoms with Gasteiger partial charge in [-0.25, -0.2) is 0 Å². The van der Waals surface area contributed by atoms with E-state index in [9.17, 15) is 24.3 Å². The normalized spacial score (nSPS) is 11.8. The van der Waals surface area contributed by atoms with Gasteiger partial charge >= 0.3 is 0 Å². The van der Waals surface area contributed by atoms with Crippen molar-refractivity contribution in [2.75, 3.05) is 92.3 Å². The van der Waals surface area contributed by atoms with Crippen LogP contribution >= 0.6 is 0 Å². The lowest BCUT2D eigenvalue weighted by Gasteiger charge is -2.21. The maximum Gasteiger partial charge on any atom is 0.258 e. The third kappa shape index (κ3) is 20.3. The first-order valence-corrected chi connectivity index (χ1v) is 23.9. The van der Waals surface area contributed by atoms with E-state index in [0.29, 0.717) is 96.8 Å². The van der Waals surface area contributed by atoms with Crippen LogP contribution in [0.2, 0.25) is 0 Å². The van der Waals surface area contributed by atoms with E-state index in [0.717, 1.165) is 11.1 Å². The quantitative estimate of drug-likeness (QED) is 0.0120.